The highest BCUT2D eigenvalue weighted by molar-refractivity contribution is 7.07. The number of amides is 3. The number of unbranched alkanes of at least 4 members (excludes halogenated alkanes) is 1. The number of nitrogens with one attached hydrogen (secondary N) is 1. The number of urea groups is 1. The van der Waals surface area contributed by atoms with Gasteiger partial charge in [0.1, 0.15) is 0 Å². The quantitative estimate of drug-likeness (QED) is 0.837. The molecule has 3 saturated heterocycles. The van der Waals surface area contributed by atoms with E-state index in [-0.39, 0.29) is 23.9 Å². The average molecular weight is 336 g/mol. The number of thiazole rings is 1. The molecule has 0 aliphatic carbocycles. The van der Waals surface area contributed by atoms with Crippen molar-refractivity contribution in [3.63, 3.8) is 0 Å². The summed E-state index contributed by atoms with van der Waals surface area (Å²) in [4.78, 5) is 33.1. The first-order valence-electron chi connectivity index (χ1n) is 8.39. The van der Waals surface area contributed by atoms with Gasteiger partial charge in [0.2, 0.25) is 5.91 Å². The number of hydrogen-bond acceptors (Lipinski definition) is 4. The van der Waals surface area contributed by atoms with Crippen LogP contribution < -0.4 is 5.32 Å². The first kappa shape index (κ1) is 16.2. The standard InChI is InChI=1S/C16H24N4O2S/c1-2-3-6-17-16(22)19-7-12-4-5-14(9-19)20(15(12)21)8-13-10-23-11-18-13/h10-12,14H,2-9H2,1H3,(H,17,22). The molecule has 0 aromatic carbocycles. The van der Waals surface area contributed by atoms with Crippen molar-refractivity contribution in [2.45, 2.75) is 45.2 Å². The number of carbonyl (C=O) groups excluding carboxylic acids is 2. The van der Waals surface area contributed by atoms with Crippen LogP contribution in [-0.4, -0.2) is 52.4 Å². The van der Waals surface area contributed by atoms with Crippen molar-refractivity contribution in [1.82, 2.24) is 20.1 Å². The molecule has 3 fully saturated rings. The van der Waals surface area contributed by atoms with E-state index in [0.29, 0.717) is 26.2 Å². The Balaban J connectivity index is 1.66. The van der Waals surface area contributed by atoms with Gasteiger partial charge >= 0.3 is 6.03 Å². The van der Waals surface area contributed by atoms with E-state index < -0.39 is 0 Å². The summed E-state index contributed by atoms with van der Waals surface area (Å²) in [5, 5.41) is 4.96. The molecule has 126 valence electrons. The third kappa shape index (κ3) is 3.65. The molecule has 2 unspecified atom stereocenters. The molecule has 3 amide bonds. The van der Waals surface area contributed by atoms with Gasteiger partial charge in [-0.1, -0.05) is 13.3 Å². The van der Waals surface area contributed by atoms with E-state index in [0.717, 1.165) is 31.4 Å². The van der Waals surface area contributed by atoms with Crippen LogP contribution in [0.1, 0.15) is 38.3 Å². The lowest BCUT2D eigenvalue weighted by atomic mass is 9.94. The second-order valence-corrected chi connectivity index (χ2v) is 7.08. The van der Waals surface area contributed by atoms with Gasteiger partial charge in [0.05, 0.1) is 23.7 Å². The van der Waals surface area contributed by atoms with Crippen LogP contribution in [0.4, 0.5) is 4.79 Å². The van der Waals surface area contributed by atoms with Crippen LogP contribution in [0.3, 0.4) is 0 Å². The SMILES string of the molecule is CCCCNC(=O)N1CC2CCC(C1)N(Cc1cscn1)C2=O. The van der Waals surface area contributed by atoms with Crippen LogP contribution in [0.25, 0.3) is 0 Å². The molecule has 4 rings (SSSR count). The summed E-state index contributed by atoms with van der Waals surface area (Å²) in [5.41, 5.74) is 2.73. The monoisotopic (exact) mass is 336 g/mol. The molecule has 0 saturated carbocycles. The van der Waals surface area contributed by atoms with Crippen molar-refractivity contribution in [3.05, 3.63) is 16.6 Å². The Morgan fingerprint density at radius 2 is 2.30 bits per heavy atom. The molecule has 7 heteroatoms. The molecule has 2 bridgehead atoms. The molecule has 23 heavy (non-hydrogen) atoms. The van der Waals surface area contributed by atoms with Gasteiger partial charge in [-0.3, -0.25) is 4.79 Å². The Kier molecular flexibility index (Phi) is 5.15. The third-order valence-corrected chi connectivity index (χ3v) is 5.34. The predicted molar refractivity (Wildman–Crippen MR) is 89.1 cm³/mol. The Morgan fingerprint density at radius 3 is 3.04 bits per heavy atom. The summed E-state index contributed by atoms with van der Waals surface area (Å²) in [7, 11) is 0. The second kappa shape index (κ2) is 7.29. The molecule has 2 atom stereocenters. The number of aromatic nitrogens is 1. The van der Waals surface area contributed by atoms with Crippen molar-refractivity contribution in [2.24, 2.45) is 5.92 Å². The molecule has 6 nitrogen and oxygen atoms in total. The smallest absolute Gasteiger partial charge is 0.317 e. The lowest BCUT2D eigenvalue weighted by Crippen LogP contribution is -2.48. The van der Waals surface area contributed by atoms with Gasteiger partial charge in [-0.05, 0) is 19.3 Å². The fourth-order valence-electron chi connectivity index (χ4n) is 3.39. The van der Waals surface area contributed by atoms with Crippen LogP contribution in [0.15, 0.2) is 10.9 Å². The normalized spacial score (nSPS) is 24.0. The molecular formula is C16H24N4O2S. The summed E-state index contributed by atoms with van der Waals surface area (Å²) in [6.45, 7) is 4.55. The highest BCUT2D eigenvalue weighted by Crippen LogP contribution is 2.30. The Bertz CT molecular complexity index is 548. The largest absolute Gasteiger partial charge is 0.338 e. The highest BCUT2D eigenvalue weighted by atomic mass is 32.1. The van der Waals surface area contributed by atoms with E-state index in [1.54, 1.807) is 16.8 Å². The van der Waals surface area contributed by atoms with Crippen LogP contribution in [0.2, 0.25) is 0 Å². The summed E-state index contributed by atoms with van der Waals surface area (Å²) < 4.78 is 0. The summed E-state index contributed by atoms with van der Waals surface area (Å²) in [6, 6.07) is 0.0820. The van der Waals surface area contributed by atoms with Crippen LogP contribution in [0, 0.1) is 5.92 Å². The molecule has 1 aromatic rings. The van der Waals surface area contributed by atoms with Gasteiger partial charge in [0, 0.05) is 31.1 Å². The maximum Gasteiger partial charge on any atom is 0.317 e. The number of rotatable bonds is 5. The predicted octanol–water partition coefficient (Wildman–Crippen LogP) is 2.08. The molecule has 1 N–H and O–H groups in total. The Labute approximate surface area is 140 Å². The fourth-order valence-corrected chi connectivity index (χ4v) is 3.94. The van der Waals surface area contributed by atoms with Gasteiger partial charge in [0.25, 0.3) is 0 Å². The number of nitrogens with zero attached hydrogens (tertiary/aromatic N) is 3. The fraction of sp³-hybridized carbons (Fsp3) is 0.688. The molecular weight excluding hydrogens is 312 g/mol. The average Bonchev–Trinajstić information content (AvgIpc) is 2.91. The summed E-state index contributed by atoms with van der Waals surface area (Å²) in [6.07, 6.45) is 3.90. The molecule has 3 aliphatic rings. The lowest BCUT2D eigenvalue weighted by molar-refractivity contribution is -0.140. The van der Waals surface area contributed by atoms with Gasteiger partial charge < -0.3 is 15.1 Å². The topological polar surface area (TPSA) is 65.5 Å². The van der Waals surface area contributed by atoms with Crippen LogP contribution in [0.5, 0.6) is 0 Å². The second-order valence-electron chi connectivity index (χ2n) is 6.36. The van der Waals surface area contributed by atoms with E-state index >= 15 is 0 Å². The molecule has 0 radical (unpaired) electrons. The van der Waals surface area contributed by atoms with Crippen molar-refractivity contribution in [3.8, 4) is 0 Å². The number of piperidine rings is 1. The van der Waals surface area contributed by atoms with Crippen LogP contribution in [-0.2, 0) is 11.3 Å². The van der Waals surface area contributed by atoms with Gasteiger partial charge in [-0.25, -0.2) is 9.78 Å². The van der Waals surface area contributed by atoms with Crippen molar-refractivity contribution in [2.75, 3.05) is 19.6 Å². The third-order valence-electron chi connectivity index (χ3n) is 4.70. The maximum absolute atomic E-state index is 12.7. The van der Waals surface area contributed by atoms with E-state index in [4.69, 9.17) is 0 Å². The molecule has 4 heterocycles. The van der Waals surface area contributed by atoms with Crippen LogP contribution >= 0.6 is 11.3 Å². The van der Waals surface area contributed by atoms with Gasteiger partial charge in [0.15, 0.2) is 0 Å². The zero-order valence-corrected chi connectivity index (χ0v) is 14.3. The number of fused-ring (bicyclic) bond motifs is 4. The minimum atomic E-state index is -0.0655. The van der Waals surface area contributed by atoms with Crippen molar-refractivity contribution >= 4 is 23.3 Å². The minimum Gasteiger partial charge on any atom is -0.338 e. The summed E-state index contributed by atoms with van der Waals surface area (Å²) >= 11 is 1.55. The zero-order chi connectivity index (χ0) is 16.2. The first-order chi connectivity index (χ1) is 11.2. The Hall–Kier alpha value is -1.63. The van der Waals surface area contributed by atoms with Crippen molar-refractivity contribution in [1.29, 1.82) is 0 Å². The van der Waals surface area contributed by atoms with Gasteiger partial charge in [-0.2, -0.15) is 0 Å². The zero-order valence-electron chi connectivity index (χ0n) is 13.5. The lowest BCUT2D eigenvalue weighted by Gasteiger charge is -2.35. The number of hydrogen-bond donors (Lipinski definition) is 1. The van der Waals surface area contributed by atoms with E-state index in [1.807, 2.05) is 15.2 Å². The molecule has 3 aliphatic heterocycles. The van der Waals surface area contributed by atoms with E-state index in [1.165, 1.54) is 0 Å². The first-order valence-corrected chi connectivity index (χ1v) is 9.33. The molecule has 1 aromatic heterocycles. The van der Waals surface area contributed by atoms with Gasteiger partial charge in [-0.15, -0.1) is 11.3 Å². The minimum absolute atomic E-state index is 0.0290. The molecule has 0 spiro atoms. The van der Waals surface area contributed by atoms with Crippen molar-refractivity contribution < 1.29 is 9.59 Å². The Morgan fingerprint density at radius 1 is 1.43 bits per heavy atom. The number of carbonyl (C=O) groups is 2. The van der Waals surface area contributed by atoms with E-state index in [2.05, 4.69) is 17.2 Å². The highest BCUT2D eigenvalue weighted by Gasteiger charge is 2.41. The van der Waals surface area contributed by atoms with E-state index in [9.17, 15) is 9.59 Å². The maximum atomic E-state index is 12.7. The summed E-state index contributed by atoms with van der Waals surface area (Å²) in [5.74, 6) is 0.113.